The van der Waals surface area contributed by atoms with Gasteiger partial charge in [-0.05, 0) is 31.5 Å². The van der Waals surface area contributed by atoms with Crippen LogP contribution in [0.25, 0.3) is 0 Å². The molecule has 0 saturated carbocycles. The van der Waals surface area contributed by atoms with Gasteiger partial charge in [-0.2, -0.15) is 0 Å². The molecule has 0 unspecified atom stereocenters. The smallest absolute Gasteiger partial charge is 0.249 e. The van der Waals surface area contributed by atoms with E-state index in [4.69, 9.17) is 15.2 Å². The molecule has 2 aliphatic rings. The van der Waals surface area contributed by atoms with E-state index in [-0.39, 0.29) is 5.91 Å². The number of carbonyl (C=O) groups excluding carboxylic acids is 1. The average Bonchev–Trinajstić information content (AvgIpc) is 3.24. The first-order chi connectivity index (χ1) is 11.7. The number of hydrogen-bond donors (Lipinski definition) is 1. The third-order valence-electron chi connectivity index (χ3n) is 4.62. The number of nitrogens with zero attached hydrogens (tertiary/aromatic N) is 1. The lowest BCUT2D eigenvalue weighted by molar-refractivity contribution is 0.100. The van der Waals surface area contributed by atoms with Crippen LogP contribution in [0.2, 0.25) is 0 Å². The van der Waals surface area contributed by atoms with E-state index in [1.165, 1.54) is 5.56 Å². The van der Waals surface area contributed by atoms with Crippen LogP contribution in [0.1, 0.15) is 39.7 Å². The molecule has 0 bridgehead atoms. The Labute approximate surface area is 145 Å². The number of benzene rings is 1. The summed E-state index contributed by atoms with van der Waals surface area (Å²) in [4.78, 5) is 14.9. The number of ether oxygens (including phenoxy) is 2. The monoisotopic (exact) mass is 344 g/mol. The molecule has 2 N–H and O–H groups in total. The van der Waals surface area contributed by atoms with E-state index >= 15 is 0 Å². The maximum atomic E-state index is 11.3. The maximum Gasteiger partial charge on any atom is 0.249 e. The van der Waals surface area contributed by atoms with Crippen molar-refractivity contribution in [2.24, 2.45) is 5.73 Å². The maximum absolute atomic E-state index is 11.3. The van der Waals surface area contributed by atoms with E-state index in [0.717, 1.165) is 42.3 Å². The minimum atomic E-state index is -0.363. The molecule has 1 amide bonds. The van der Waals surface area contributed by atoms with Crippen molar-refractivity contribution < 1.29 is 14.3 Å². The number of thiophene rings is 1. The zero-order valence-corrected chi connectivity index (χ0v) is 14.2. The molecule has 2 aromatic rings. The van der Waals surface area contributed by atoms with E-state index in [9.17, 15) is 4.79 Å². The highest BCUT2D eigenvalue weighted by atomic mass is 32.1. The Morgan fingerprint density at radius 1 is 1.33 bits per heavy atom. The highest BCUT2D eigenvalue weighted by molar-refractivity contribution is 7.10. The number of para-hydroxylation sites is 1. The predicted octanol–water partition coefficient (Wildman–Crippen LogP) is 2.96. The second-order valence-electron chi connectivity index (χ2n) is 6.17. The van der Waals surface area contributed by atoms with Crippen LogP contribution in [0.15, 0.2) is 29.6 Å². The van der Waals surface area contributed by atoms with Gasteiger partial charge in [0.15, 0.2) is 11.5 Å². The summed E-state index contributed by atoms with van der Waals surface area (Å²) in [7, 11) is 0. The zero-order chi connectivity index (χ0) is 16.5. The number of carbonyl (C=O) groups is 1. The molecule has 0 radical (unpaired) electrons. The molecule has 0 spiro atoms. The molecular formula is C18H20N2O3S. The lowest BCUT2D eigenvalue weighted by Crippen LogP contribution is -2.24. The van der Waals surface area contributed by atoms with Crippen molar-refractivity contribution in [3.63, 3.8) is 0 Å². The number of likely N-dealkylation sites (tertiary alicyclic amines) is 1. The largest absolute Gasteiger partial charge is 0.486 e. The van der Waals surface area contributed by atoms with Crippen molar-refractivity contribution in [2.45, 2.75) is 25.4 Å². The standard InChI is InChI=1S/C18H20N2O3S/c19-18(21)12-9-13(24-11-12)10-20-6-2-4-15(20)14-3-1-5-16-17(14)23-8-7-22-16/h1,3,5,9,11,15H,2,4,6-8,10H2,(H2,19,21)/t15-/m1/s1. The van der Waals surface area contributed by atoms with Crippen LogP contribution >= 0.6 is 11.3 Å². The summed E-state index contributed by atoms with van der Waals surface area (Å²) in [6, 6.07) is 8.37. The van der Waals surface area contributed by atoms with Crippen LogP contribution < -0.4 is 15.2 Å². The van der Waals surface area contributed by atoms with Crippen LogP contribution in [0.5, 0.6) is 11.5 Å². The fourth-order valence-corrected chi connectivity index (χ4v) is 4.42. The molecule has 24 heavy (non-hydrogen) atoms. The summed E-state index contributed by atoms with van der Waals surface area (Å²) >= 11 is 1.59. The Morgan fingerprint density at radius 2 is 2.21 bits per heavy atom. The molecule has 4 rings (SSSR count). The molecule has 2 aliphatic heterocycles. The molecule has 6 heteroatoms. The molecule has 3 heterocycles. The van der Waals surface area contributed by atoms with E-state index < -0.39 is 0 Å². The minimum Gasteiger partial charge on any atom is -0.486 e. The first-order valence-electron chi connectivity index (χ1n) is 8.22. The van der Waals surface area contributed by atoms with Crippen LogP contribution in [0, 0.1) is 0 Å². The molecule has 126 valence electrons. The van der Waals surface area contributed by atoms with E-state index in [1.54, 1.807) is 11.3 Å². The highest BCUT2D eigenvalue weighted by Crippen LogP contribution is 2.43. The quantitative estimate of drug-likeness (QED) is 0.926. The Morgan fingerprint density at radius 3 is 3.04 bits per heavy atom. The topological polar surface area (TPSA) is 64.8 Å². The van der Waals surface area contributed by atoms with Crippen LogP contribution in [-0.2, 0) is 6.54 Å². The molecule has 1 atom stereocenters. The van der Waals surface area contributed by atoms with Gasteiger partial charge in [0.2, 0.25) is 5.91 Å². The fraction of sp³-hybridized carbons (Fsp3) is 0.389. The second-order valence-corrected chi connectivity index (χ2v) is 7.16. The lowest BCUT2D eigenvalue weighted by Gasteiger charge is -2.28. The summed E-state index contributed by atoms with van der Waals surface area (Å²) in [5.41, 5.74) is 7.16. The second kappa shape index (κ2) is 6.45. The third-order valence-corrected chi connectivity index (χ3v) is 5.54. The summed E-state index contributed by atoms with van der Waals surface area (Å²) in [5, 5.41) is 1.84. The number of rotatable bonds is 4. The van der Waals surface area contributed by atoms with Crippen molar-refractivity contribution in [1.82, 2.24) is 4.90 Å². The van der Waals surface area contributed by atoms with Gasteiger partial charge in [0.25, 0.3) is 0 Å². The van der Waals surface area contributed by atoms with E-state index in [2.05, 4.69) is 11.0 Å². The van der Waals surface area contributed by atoms with E-state index in [1.807, 2.05) is 23.6 Å². The van der Waals surface area contributed by atoms with Gasteiger partial charge < -0.3 is 15.2 Å². The molecule has 1 fully saturated rings. The van der Waals surface area contributed by atoms with Crippen LogP contribution in [-0.4, -0.2) is 30.6 Å². The van der Waals surface area contributed by atoms with E-state index in [0.29, 0.717) is 24.8 Å². The lowest BCUT2D eigenvalue weighted by atomic mass is 10.0. The van der Waals surface area contributed by atoms with Gasteiger partial charge in [-0.3, -0.25) is 9.69 Å². The zero-order valence-electron chi connectivity index (χ0n) is 13.4. The van der Waals surface area contributed by atoms with Crippen molar-refractivity contribution in [3.8, 4) is 11.5 Å². The Balaban J connectivity index is 1.58. The molecule has 1 saturated heterocycles. The number of amides is 1. The third kappa shape index (κ3) is 2.87. The number of hydrogen-bond acceptors (Lipinski definition) is 5. The van der Waals surface area contributed by atoms with Gasteiger partial charge in [0.05, 0.1) is 5.56 Å². The van der Waals surface area contributed by atoms with Crippen LogP contribution in [0.3, 0.4) is 0 Å². The molecule has 1 aromatic carbocycles. The fourth-order valence-electron chi connectivity index (χ4n) is 3.52. The first kappa shape index (κ1) is 15.5. The minimum absolute atomic E-state index is 0.320. The van der Waals surface area contributed by atoms with Gasteiger partial charge in [-0.25, -0.2) is 0 Å². The SMILES string of the molecule is NC(=O)c1csc(CN2CCC[C@@H]2c2cccc3c2OCCO3)c1. The Bertz CT molecular complexity index is 758. The molecular weight excluding hydrogens is 324 g/mol. The van der Waals surface area contributed by atoms with Gasteiger partial charge in [-0.1, -0.05) is 12.1 Å². The molecule has 1 aromatic heterocycles. The summed E-state index contributed by atoms with van der Waals surface area (Å²) in [5.74, 6) is 1.38. The number of nitrogens with two attached hydrogens (primary N) is 1. The Hall–Kier alpha value is -2.05. The molecule has 5 nitrogen and oxygen atoms in total. The normalized spacial score (nSPS) is 20.2. The summed E-state index contributed by atoms with van der Waals surface area (Å²) in [6.45, 7) is 3.08. The first-order valence-corrected chi connectivity index (χ1v) is 9.10. The number of primary amides is 1. The van der Waals surface area contributed by atoms with Crippen molar-refractivity contribution in [3.05, 3.63) is 45.6 Å². The van der Waals surface area contributed by atoms with Crippen molar-refractivity contribution in [1.29, 1.82) is 0 Å². The molecule has 0 aliphatic carbocycles. The number of fused-ring (bicyclic) bond motifs is 1. The summed E-state index contributed by atoms with van der Waals surface area (Å²) < 4.78 is 11.6. The van der Waals surface area contributed by atoms with Crippen LogP contribution in [0.4, 0.5) is 0 Å². The van der Waals surface area contributed by atoms with Crippen molar-refractivity contribution >= 4 is 17.2 Å². The predicted molar refractivity (Wildman–Crippen MR) is 92.7 cm³/mol. The van der Waals surface area contributed by atoms with Gasteiger partial charge >= 0.3 is 0 Å². The highest BCUT2D eigenvalue weighted by Gasteiger charge is 2.30. The van der Waals surface area contributed by atoms with Crippen molar-refractivity contribution in [2.75, 3.05) is 19.8 Å². The van der Waals surface area contributed by atoms with Gasteiger partial charge in [-0.15, -0.1) is 11.3 Å². The van der Waals surface area contributed by atoms with Gasteiger partial charge in [0, 0.05) is 28.4 Å². The van der Waals surface area contributed by atoms with Gasteiger partial charge in [0.1, 0.15) is 13.2 Å². The Kier molecular flexibility index (Phi) is 4.16. The average molecular weight is 344 g/mol. The summed E-state index contributed by atoms with van der Waals surface area (Å²) in [6.07, 6.45) is 2.26.